The third kappa shape index (κ3) is 6.54. The SMILES string of the molecule is NC(=O)C(Cc1ccccc1)NC(=O)Cc1ccc(/C=N/NC(=O)c2ccc(O)c(Cl)c2)c2ccccc12. The second-order valence-electron chi connectivity index (χ2n) is 8.61. The van der Waals surface area contributed by atoms with Crippen LogP contribution in [0.4, 0.5) is 0 Å². The van der Waals surface area contributed by atoms with E-state index < -0.39 is 17.9 Å². The molecule has 0 aliphatic carbocycles. The summed E-state index contributed by atoms with van der Waals surface area (Å²) in [6, 6.07) is 23.7. The number of phenolic OH excluding ortho intramolecular Hbond substituents is 1. The maximum atomic E-state index is 12.9. The predicted octanol–water partition coefficient (Wildman–Crippen LogP) is 3.72. The summed E-state index contributed by atoms with van der Waals surface area (Å²) < 4.78 is 0. The van der Waals surface area contributed by atoms with Crippen molar-refractivity contribution in [2.45, 2.75) is 18.9 Å². The molecule has 0 aliphatic heterocycles. The number of fused-ring (bicyclic) bond motifs is 1. The average Bonchev–Trinajstić information content (AvgIpc) is 2.91. The number of aromatic hydroxyl groups is 1. The Kier molecular flexibility index (Phi) is 8.35. The number of nitrogens with two attached hydrogens (primary N) is 1. The van der Waals surface area contributed by atoms with Crippen molar-refractivity contribution in [3.8, 4) is 5.75 Å². The van der Waals surface area contributed by atoms with Crippen LogP contribution in [-0.2, 0) is 22.4 Å². The van der Waals surface area contributed by atoms with Gasteiger partial charge in [-0.1, -0.05) is 78.3 Å². The minimum Gasteiger partial charge on any atom is -0.506 e. The van der Waals surface area contributed by atoms with Gasteiger partial charge in [0.2, 0.25) is 11.8 Å². The lowest BCUT2D eigenvalue weighted by molar-refractivity contribution is -0.126. The number of primary amides is 1. The third-order valence-corrected chi connectivity index (χ3v) is 6.24. The van der Waals surface area contributed by atoms with Gasteiger partial charge in [0.15, 0.2) is 0 Å². The predicted molar refractivity (Wildman–Crippen MR) is 147 cm³/mol. The maximum absolute atomic E-state index is 12.9. The number of hydrogen-bond acceptors (Lipinski definition) is 5. The van der Waals surface area contributed by atoms with Gasteiger partial charge < -0.3 is 16.2 Å². The van der Waals surface area contributed by atoms with Crippen molar-refractivity contribution in [2.24, 2.45) is 10.8 Å². The van der Waals surface area contributed by atoms with E-state index in [0.717, 1.165) is 27.5 Å². The van der Waals surface area contributed by atoms with Gasteiger partial charge in [0.25, 0.3) is 5.91 Å². The highest BCUT2D eigenvalue weighted by molar-refractivity contribution is 6.32. The van der Waals surface area contributed by atoms with Crippen molar-refractivity contribution in [1.29, 1.82) is 0 Å². The van der Waals surface area contributed by atoms with Gasteiger partial charge in [-0.25, -0.2) is 5.43 Å². The van der Waals surface area contributed by atoms with Crippen LogP contribution in [0.3, 0.4) is 0 Å². The molecule has 4 aromatic carbocycles. The topological polar surface area (TPSA) is 134 Å². The molecule has 0 bridgehead atoms. The molecule has 1 atom stereocenters. The number of carbonyl (C=O) groups excluding carboxylic acids is 3. The summed E-state index contributed by atoms with van der Waals surface area (Å²) in [7, 11) is 0. The monoisotopic (exact) mass is 528 g/mol. The first-order valence-corrected chi connectivity index (χ1v) is 12.1. The zero-order chi connectivity index (χ0) is 27.1. The zero-order valence-corrected chi connectivity index (χ0v) is 21.0. The fourth-order valence-corrected chi connectivity index (χ4v) is 4.20. The normalized spacial score (nSPS) is 11.8. The summed E-state index contributed by atoms with van der Waals surface area (Å²) in [5, 5.41) is 18.0. The van der Waals surface area contributed by atoms with Gasteiger partial charge in [0.05, 0.1) is 17.7 Å². The summed E-state index contributed by atoms with van der Waals surface area (Å²) in [4.78, 5) is 37.2. The van der Waals surface area contributed by atoms with E-state index in [1.807, 2.05) is 54.6 Å². The fourth-order valence-electron chi connectivity index (χ4n) is 4.02. The Balaban J connectivity index is 1.47. The standard InChI is InChI=1S/C29H25ClN4O4/c30-24-15-20(12-13-26(24)35)29(38)34-32-17-21-11-10-19(22-8-4-5-9-23(21)22)16-27(36)33-25(28(31)37)14-18-6-2-1-3-7-18/h1-13,15,17,25,35H,14,16H2,(H2,31,37)(H,33,36)(H,34,38)/b32-17+. The van der Waals surface area contributed by atoms with E-state index >= 15 is 0 Å². The van der Waals surface area contributed by atoms with Crippen LogP contribution < -0.4 is 16.5 Å². The number of nitrogens with one attached hydrogen (secondary N) is 2. The Morgan fingerprint density at radius 3 is 2.37 bits per heavy atom. The molecule has 0 aliphatic rings. The quantitative estimate of drug-likeness (QED) is 0.194. The minimum atomic E-state index is -0.824. The van der Waals surface area contributed by atoms with Crippen LogP contribution in [0.2, 0.25) is 5.02 Å². The lowest BCUT2D eigenvalue weighted by Crippen LogP contribution is -2.46. The molecule has 0 radical (unpaired) electrons. The first-order chi connectivity index (χ1) is 18.3. The van der Waals surface area contributed by atoms with Gasteiger partial charge in [-0.05, 0) is 40.1 Å². The first kappa shape index (κ1) is 26.4. The zero-order valence-electron chi connectivity index (χ0n) is 20.2. The van der Waals surface area contributed by atoms with Crippen molar-refractivity contribution in [2.75, 3.05) is 0 Å². The van der Waals surface area contributed by atoms with E-state index in [9.17, 15) is 19.5 Å². The van der Waals surface area contributed by atoms with Crippen LogP contribution in [0.1, 0.15) is 27.0 Å². The van der Waals surface area contributed by atoms with Gasteiger partial charge >= 0.3 is 0 Å². The molecule has 0 fully saturated rings. The largest absolute Gasteiger partial charge is 0.506 e. The molecule has 9 heteroatoms. The van der Waals surface area contributed by atoms with E-state index in [2.05, 4.69) is 15.8 Å². The highest BCUT2D eigenvalue weighted by Crippen LogP contribution is 2.24. The average molecular weight is 529 g/mol. The summed E-state index contributed by atoms with van der Waals surface area (Å²) in [5.74, 6) is -1.53. The number of amides is 3. The van der Waals surface area contributed by atoms with Gasteiger partial charge in [0.1, 0.15) is 11.8 Å². The van der Waals surface area contributed by atoms with Crippen molar-refractivity contribution >= 4 is 46.3 Å². The number of phenols is 1. The van der Waals surface area contributed by atoms with Crippen molar-refractivity contribution in [3.05, 3.63) is 112 Å². The highest BCUT2D eigenvalue weighted by atomic mass is 35.5. The van der Waals surface area contributed by atoms with Crippen LogP contribution in [0, 0.1) is 0 Å². The van der Waals surface area contributed by atoms with Crippen LogP contribution in [0.15, 0.2) is 90.0 Å². The van der Waals surface area contributed by atoms with Gasteiger partial charge in [-0.2, -0.15) is 5.10 Å². The third-order valence-electron chi connectivity index (χ3n) is 5.94. The lowest BCUT2D eigenvalue weighted by atomic mass is 9.97. The second kappa shape index (κ2) is 12.0. The Labute approximate surface area is 224 Å². The molecule has 4 rings (SSSR count). The number of rotatable bonds is 9. The second-order valence-corrected chi connectivity index (χ2v) is 9.02. The molecule has 3 amide bonds. The molecule has 0 saturated heterocycles. The molecule has 38 heavy (non-hydrogen) atoms. The Hall–Kier alpha value is -4.69. The smallest absolute Gasteiger partial charge is 0.271 e. The summed E-state index contributed by atoms with van der Waals surface area (Å²) in [6.07, 6.45) is 1.87. The van der Waals surface area contributed by atoms with E-state index in [-0.39, 0.29) is 28.7 Å². The molecule has 5 N–H and O–H groups in total. The minimum absolute atomic E-state index is 0.0505. The Morgan fingerprint density at radius 1 is 0.947 bits per heavy atom. The summed E-state index contributed by atoms with van der Waals surface area (Å²) in [6.45, 7) is 0. The number of halogens is 1. The van der Waals surface area contributed by atoms with Crippen molar-refractivity contribution < 1.29 is 19.5 Å². The molecule has 8 nitrogen and oxygen atoms in total. The molecule has 1 unspecified atom stereocenters. The number of carbonyl (C=O) groups is 3. The van der Waals surface area contributed by atoms with Gasteiger partial charge in [-0.15, -0.1) is 0 Å². The molecule has 0 spiro atoms. The first-order valence-electron chi connectivity index (χ1n) is 11.8. The molecule has 4 aromatic rings. The number of hydrazone groups is 1. The van der Waals surface area contributed by atoms with E-state index in [4.69, 9.17) is 17.3 Å². The molecule has 0 saturated carbocycles. The van der Waals surface area contributed by atoms with Crippen LogP contribution in [0.25, 0.3) is 10.8 Å². The van der Waals surface area contributed by atoms with E-state index in [1.54, 1.807) is 12.1 Å². The number of benzene rings is 4. The Bertz CT molecular complexity index is 1520. The Morgan fingerprint density at radius 2 is 1.66 bits per heavy atom. The maximum Gasteiger partial charge on any atom is 0.271 e. The van der Waals surface area contributed by atoms with Gasteiger partial charge in [0, 0.05) is 17.5 Å². The van der Waals surface area contributed by atoms with E-state index in [0.29, 0.717) is 6.42 Å². The molecular weight excluding hydrogens is 504 g/mol. The van der Waals surface area contributed by atoms with Crippen molar-refractivity contribution in [1.82, 2.24) is 10.7 Å². The van der Waals surface area contributed by atoms with E-state index in [1.165, 1.54) is 24.4 Å². The van der Waals surface area contributed by atoms with Crippen LogP contribution >= 0.6 is 11.6 Å². The summed E-state index contributed by atoms with van der Waals surface area (Å²) in [5.41, 5.74) is 10.6. The lowest BCUT2D eigenvalue weighted by Gasteiger charge is -2.16. The summed E-state index contributed by atoms with van der Waals surface area (Å²) >= 11 is 5.86. The number of nitrogens with zero attached hydrogens (tertiary/aromatic N) is 1. The molecule has 0 aromatic heterocycles. The molecule has 0 heterocycles. The highest BCUT2D eigenvalue weighted by Gasteiger charge is 2.19. The molecular formula is C29H25ClN4O4. The van der Waals surface area contributed by atoms with Gasteiger partial charge in [-0.3, -0.25) is 14.4 Å². The number of hydrogen-bond donors (Lipinski definition) is 4. The van der Waals surface area contributed by atoms with Crippen molar-refractivity contribution in [3.63, 3.8) is 0 Å². The van der Waals surface area contributed by atoms with Crippen LogP contribution in [0.5, 0.6) is 5.75 Å². The van der Waals surface area contributed by atoms with Crippen LogP contribution in [-0.4, -0.2) is 35.1 Å². The molecule has 192 valence electrons. The fraction of sp³-hybridized carbons (Fsp3) is 0.103.